The van der Waals surface area contributed by atoms with Crippen LogP contribution in [0.25, 0.3) is 0 Å². The van der Waals surface area contributed by atoms with Crippen LogP contribution < -0.4 is 22.1 Å². The third kappa shape index (κ3) is 3.63. The van der Waals surface area contributed by atoms with E-state index in [4.69, 9.17) is 16.2 Å². The van der Waals surface area contributed by atoms with Gasteiger partial charge in [-0.05, 0) is 25.1 Å². The molecule has 24 heavy (non-hydrogen) atoms. The zero-order valence-electron chi connectivity index (χ0n) is 14.1. The number of amides is 3. The molecule has 1 aromatic carbocycles. The summed E-state index contributed by atoms with van der Waals surface area (Å²) in [6, 6.07) is 6.07. The summed E-state index contributed by atoms with van der Waals surface area (Å²) in [4.78, 5) is 23.5. The van der Waals surface area contributed by atoms with Crippen LogP contribution in [0.4, 0.5) is 16.2 Å². The van der Waals surface area contributed by atoms with Gasteiger partial charge in [-0.15, -0.1) is 12.4 Å². The molecule has 0 radical (unpaired) electrons. The summed E-state index contributed by atoms with van der Waals surface area (Å²) in [7, 11) is 0. The smallest absolute Gasteiger partial charge is 0.316 e. The van der Waals surface area contributed by atoms with Crippen molar-refractivity contribution >= 4 is 35.7 Å². The monoisotopic (exact) mass is 356 g/mol. The first kappa shape index (κ1) is 20.2. The number of primary amides is 1. The van der Waals surface area contributed by atoms with Crippen molar-refractivity contribution in [3.8, 4) is 0 Å². The number of nitrogens with two attached hydrogens (primary N) is 2. The van der Waals surface area contributed by atoms with Crippen molar-refractivity contribution in [2.45, 2.75) is 38.8 Å². The van der Waals surface area contributed by atoms with Crippen LogP contribution in [0.15, 0.2) is 24.3 Å². The van der Waals surface area contributed by atoms with E-state index in [1.165, 1.54) is 0 Å². The molecule has 1 aliphatic carbocycles. The molecule has 8 heteroatoms. The van der Waals surface area contributed by atoms with Crippen LogP contribution in [0.1, 0.15) is 27.2 Å². The van der Waals surface area contributed by atoms with Crippen molar-refractivity contribution in [3.63, 3.8) is 0 Å². The van der Waals surface area contributed by atoms with Crippen LogP contribution in [0.3, 0.4) is 0 Å². The number of carbonyl (C=O) groups excluding carboxylic acids is 2. The Bertz CT molecular complexity index is 623. The molecular formula is C16H25ClN4O3. The van der Waals surface area contributed by atoms with E-state index in [-0.39, 0.29) is 24.4 Å². The Morgan fingerprint density at radius 2 is 1.88 bits per heavy atom. The van der Waals surface area contributed by atoms with Crippen molar-refractivity contribution in [1.29, 1.82) is 0 Å². The van der Waals surface area contributed by atoms with E-state index in [2.05, 4.69) is 10.6 Å². The molecule has 2 rings (SSSR count). The van der Waals surface area contributed by atoms with Gasteiger partial charge in [-0.1, -0.05) is 19.9 Å². The molecular weight excluding hydrogens is 332 g/mol. The van der Waals surface area contributed by atoms with Gasteiger partial charge in [0.15, 0.2) is 0 Å². The van der Waals surface area contributed by atoms with Gasteiger partial charge in [-0.2, -0.15) is 0 Å². The number of anilines is 2. The second-order valence-corrected chi connectivity index (χ2v) is 6.37. The highest BCUT2D eigenvalue weighted by atomic mass is 35.5. The third-order valence-electron chi connectivity index (χ3n) is 4.62. The van der Waals surface area contributed by atoms with E-state index in [0.717, 1.165) is 0 Å². The van der Waals surface area contributed by atoms with Crippen LogP contribution in [0.5, 0.6) is 0 Å². The summed E-state index contributed by atoms with van der Waals surface area (Å²) >= 11 is 0. The minimum Gasteiger partial charge on any atom is -0.378 e. The van der Waals surface area contributed by atoms with Crippen LogP contribution in [-0.2, 0) is 9.53 Å². The highest BCUT2D eigenvalue weighted by molar-refractivity contribution is 6.00. The Morgan fingerprint density at radius 3 is 2.38 bits per heavy atom. The minimum atomic E-state index is -1.00. The van der Waals surface area contributed by atoms with Gasteiger partial charge in [0.25, 0.3) is 0 Å². The summed E-state index contributed by atoms with van der Waals surface area (Å²) in [5.41, 5.74) is 11.0. The lowest BCUT2D eigenvalue weighted by atomic mass is 9.54. The van der Waals surface area contributed by atoms with Gasteiger partial charge < -0.3 is 26.8 Å². The Morgan fingerprint density at radius 1 is 1.29 bits per heavy atom. The number of urea groups is 1. The summed E-state index contributed by atoms with van der Waals surface area (Å²) in [6.45, 7) is 6.37. The Labute approximate surface area is 147 Å². The van der Waals surface area contributed by atoms with Crippen molar-refractivity contribution in [2.75, 3.05) is 17.2 Å². The van der Waals surface area contributed by atoms with Crippen molar-refractivity contribution in [2.24, 2.45) is 16.9 Å². The Balaban J connectivity index is 0.00000288. The molecule has 0 saturated heterocycles. The summed E-state index contributed by atoms with van der Waals surface area (Å²) in [6.07, 6.45) is 0.435. The van der Waals surface area contributed by atoms with Gasteiger partial charge >= 0.3 is 6.03 Å². The molecule has 1 saturated carbocycles. The average Bonchev–Trinajstić information content (AvgIpc) is 2.46. The topological polar surface area (TPSA) is 119 Å². The predicted octanol–water partition coefficient (Wildman–Crippen LogP) is 2.07. The highest BCUT2D eigenvalue weighted by Crippen LogP contribution is 2.50. The molecule has 0 heterocycles. The fourth-order valence-electron chi connectivity index (χ4n) is 2.88. The van der Waals surface area contributed by atoms with Crippen molar-refractivity contribution in [1.82, 2.24) is 0 Å². The quantitative estimate of drug-likeness (QED) is 0.645. The number of benzene rings is 1. The van der Waals surface area contributed by atoms with Crippen molar-refractivity contribution < 1.29 is 14.3 Å². The maximum Gasteiger partial charge on any atom is 0.316 e. The molecule has 1 fully saturated rings. The summed E-state index contributed by atoms with van der Waals surface area (Å²) < 4.78 is 5.63. The Hall–Kier alpha value is -1.83. The lowest BCUT2D eigenvalue weighted by Gasteiger charge is -2.57. The highest BCUT2D eigenvalue weighted by Gasteiger charge is 2.62. The van der Waals surface area contributed by atoms with Gasteiger partial charge in [0, 0.05) is 29.8 Å². The maximum absolute atomic E-state index is 12.6. The van der Waals surface area contributed by atoms with Gasteiger partial charge in [0.2, 0.25) is 5.91 Å². The molecule has 0 spiro atoms. The van der Waals surface area contributed by atoms with Gasteiger partial charge in [-0.3, -0.25) is 4.79 Å². The first-order valence-electron chi connectivity index (χ1n) is 7.59. The van der Waals surface area contributed by atoms with Crippen LogP contribution >= 0.6 is 12.4 Å². The van der Waals surface area contributed by atoms with E-state index in [1.54, 1.807) is 24.3 Å². The molecule has 0 aromatic heterocycles. The van der Waals surface area contributed by atoms with E-state index in [0.29, 0.717) is 24.4 Å². The van der Waals surface area contributed by atoms with Crippen LogP contribution in [-0.4, -0.2) is 30.2 Å². The van der Waals surface area contributed by atoms with Gasteiger partial charge in [0.1, 0.15) is 5.54 Å². The Kier molecular flexibility index (Phi) is 6.21. The molecule has 6 N–H and O–H groups in total. The molecule has 7 nitrogen and oxygen atoms in total. The van der Waals surface area contributed by atoms with Crippen LogP contribution in [0.2, 0.25) is 0 Å². The number of hydrogen-bond donors (Lipinski definition) is 4. The molecule has 3 amide bonds. The van der Waals surface area contributed by atoms with Crippen molar-refractivity contribution in [3.05, 3.63) is 24.3 Å². The first-order valence-corrected chi connectivity index (χ1v) is 7.59. The number of rotatable bonds is 5. The van der Waals surface area contributed by atoms with E-state index < -0.39 is 17.0 Å². The largest absolute Gasteiger partial charge is 0.378 e. The molecule has 2 atom stereocenters. The average molecular weight is 357 g/mol. The predicted molar refractivity (Wildman–Crippen MR) is 96.3 cm³/mol. The number of halogens is 1. The summed E-state index contributed by atoms with van der Waals surface area (Å²) in [5, 5.41) is 5.27. The second-order valence-electron chi connectivity index (χ2n) is 6.37. The first-order chi connectivity index (χ1) is 10.7. The zero-order valence-corrected chi connectivity index (χ0v) is 14.9. The van der Waals surface area contributed by atoms with Gasteiger partial charge in [0.05, 0.1) is 6.10 Å². The maximum atomic E-state index is 12.6. The van der Waals surface area contributed by atoms with Gasteiger partial charge in [-0.25, -0.2) is 4.79 Å². The van der Waals surface area contributed by atoms with E-state index in [1.807, 2.05) is 20.8 Å². The second kappa shape index (κ2) is 7.38. The number of nitrogens with one attached hydrogen (secondary N) is 2. The molecule has 1 aromatic rings. The lowest BCUT2D eigenvalue weighted by Crippen LogP contribution is -2.74. The molecule has 1 aliphatic rings. The number of carbonyl (C=O) groups is 2. The van der Waals surface area contributed by atoms with Crippen LogP contribution in [0, 0.1) is 5.41 Å². The fourth-order valence-corrected chi connectivity index (χ4v) is 2.88. The standard InChI is InChI=1S/C16H24N4O3.ClH/c1-4-23-12-9-16(18,15(12,2)3)13(21)19-10-6-5-7-11(8-10)20-14(17)22;/h5-8,12H,4,9,18H2,1-3H3,(H,19,21)(H3,17,20,22);1H. The fraction of sp³-hybridized carbons (Fsp3) is 0.500. The lowest BCUT2D eigenvalue weighted by molar-refractivity contribution is -0.166. The molecule has 0 aliphatic heterocycles. The molecule has 2 unspecified atom stereocenters. The zero-order chi connectivity index (χ0) is 17.3. The SMILES string of the molecule is CCOC1CC(N)(C(=O)Nc2cccc(NC(N)=O)c2)C1(C)C.Cl. The third-order valence-corrected chi connectivity index (χ3v) is 4.62. The molecule has 134 valence electrons. The molecule has 0 bridgehead atoms. The van der Waals surface area contributed by atoms with E-state index >= 15 is 0 Å². The minimum absolute atomic E-state index is 0. The van der Waals surface area contributed by atoms with E-state index in [9.17, 15) is 9.59 Å². The normalized spacial score (nSPS) is 24.2. The number of hydrogen-bond acceptors (Lipinski definition) is 4. The number of ether oxygens (including phenoxy) is 1. The summed E-state index contributed by atoms with van der Waals surface area (Å²) in [5.74, 6) is -0.269.